The van der Waals surface area contributed by atoms with Crippen LogP contribution < -0.4 is 0 Å². The largest absolute Gasteiger partial charge is 0.394 e. The fourth-order valence-corrected chi connectivity index (χ4v) is 4.57. The zero-order valence-corrected chi connectivity index (χ0v) is 12.9. The third-order valence-corrected chi connectivity index (χ3v) is 6.03. The second kappa shape index (κ2) is 7.78. The van der Waals surface area contributed by atoms with Crippen molar-refractivity contribution in [3.8, 4) is 0 Å². The average Bonchev–Trinajstić information content (AvgIpc) is 2.54. The van der Waals surface area contributed by atoms with Crippen molar-refractivity contribution in [3.63, 3.8) is 0 Å². The summed E-state index contributed by atoms with van der Waals surface area (Å²) in [6.07, 6.45) is -10.3. The van der Waals surface area contributed by atoms with Crippen LogP contribution in [0.1, 0.15) is 6.42 Å². The van der Waals surface area contributed by atoms with E-state index >= 15 is 0 Å². The van der Waals surface area contributed by atoms with E-state index in [1.165, 1.54) is 0 Å². The van der Waals surface area contributed by atoms with Gasteiger partial charge in [-0.25, -0.2) is 0 Å². The minimum absolute atomic E-state index is 0.186. The van der Waals surface area contributed by atoms with Crippen LogP contribution in [-0.2, 0) is 20.3 Å². The van der Waals surface area contributed by atoms with E-state index in [4.69, 9.17) is 14.6 Å². The molecule has 2 rings (SSSR count). The van der Waals surface area contributed by atoms with Gasteiger partial charge in [-0.05, 0) is 6.42 Å². The van der Waals surface area contributed by atoms with Gasteiger partial charge < -0.3 is 45.2 Å². The molecule has 0 amide bonds. The van der Waals surface area contributed by atoms with Gasteiger partial charge in [0.25, 0.3) is 0 Å². The maximum absolute atomic E-state index is 12.7. The predicted octanol–water partition coefficient (Wildman–Crippen LogP) is -4.64. The normalized spacial score (nSPS) is 49.8. The monoisotopic (exact) mass is 358 g/mol. The minimum atomic E-state index is -2.06. The molecule has 11 heteroatoms. The third kappa shape index (κ3) is 3.74. The number of aliphatic hydroxyl groups excluding tert-OH is 7. The summed E-state index contributed by atoms with van der Waals surface area (Å²) < 4.78 is 22.8. The van der Waals surface area contributed by atoms with E-state index < -0.39 is 77.6 Å². The van der Waals surface area contributed by atoms with Gasteiger partial charge >= 0.3 is 0 Å². The Bertz CT molecular complexity index is 421. The molecule has 0 radical (unpaired) electrons. The zero-order chi connectivity index (χ0) is 17.3. The van der Waals surface area contributed by atoms with Gasteiger partial charge in [-0.1, -0.05) is 0 Å². The summed E-state index contributed by atoms with van der Waals surface area (Å²) in [6, 6.07) is 0. The molecule has 10 atom stereocenters. The molecule has 0 aromatic rings. The zero-order valence-electron chi connectivity index (χ0n) is 12.1. The average molecular weight is 358 g/mol. The highest BCUT2D eigenvalue weighted by atomic mass is 32.2. The number of rotatable bonds is 4. The van der Waals surface area contributed by atoms with E-state index in [0.717, 1.165) is 0 Å². The Morgan fingerprint density at radius 2 is 1.48 bits per heavy atom. The molecule has 0 spiro atoms. The van der Waals surface area contributed by atoms with Crippen LogP contribution in [0.15, 0.2) is 0 Å². The number of hydrogen-bond donors (Lipinski definition) is 7. The van der Waals surface area contributed by atoms with Crippen LogP contribution >= 0.6 is 0 Å². The molecule has 2 saturated heterocycles. The Labute approximate surface area is 134 Å². The molecule has 2 aliphatic heterocycles. The summed E-state index contributed by atoms with van der Waals surface area (Å²) in [4.78, 5) is 0. The van der Waals surface area contributed by atoms with Crippen molar-refractivity contribution < 1.29 is 49.4 Å². The molecule has 136 valence electrons. The van der Waals surface area contributed by atoms with Crippen LogP contribution in [0, 0.1) is 0 Å². The topological polar surface area (TPSA) is 177 Å². The molecule has 0 aliphatic carbocycles. The molecule has 2 heterocycles. The Balaban J connectivity index is 2.17. The summed E-state index contributed by atoms with van der Waals surface area (Å²) in [5, 5.41) is 65.9. The standard InChI is InChI=1S/C12H22O10S/c13-2-5-7(1-4(15)11(19)21-5)23(20)12-10(18)9(17)8(16)6(3-14)22-12/h4-19H,1-3H2/t4-,5-,6-,7+,8+,9+,10-,11-,12+,23?/m1/s1. The summed E-state index contributed by atoms with van der Waals surface area (Å²) in [5.41, 5.74) is -1.46. The molecule has 2 aliphatic rings. The Hall–Kier alpha value is -0.210. The van der Waals surface area contributed by atoms with Crippen molar-refractivity contribution in [1.82, 2.24) is 0 Å². The lowest BCUT2D eigenvalue weighted by atomic mass is 10.0. The van der Waals surface area contributed by atoms with Crippen LogP contribution in [0.5, 0.6) is 0 Å². The Morgan fingerprint density at radius 3 is 2.04 bits per heavy atom. The SMILES string of the molecule is O=S([C@@H]1O[C@H](CO)[C@H](O)[C@H](O)[C@H]1O)[C@H]1C[C@@H](O)[C@H](O)O[C@@H]1CO. The molecule has 7 N–H and O–H groups in total. The smallest absolute Gasteiger partial charge is 0.181 e. The van der Waals surface area contributed by atoms with Crippen LogP contribution in [-0.4, -0.2) is 107 Å². The van der Waals surface area contributed by atoms with Crippen molar-refractivity contribution in [1.29, 1.82) is 0 Å². The Kier molecular flexibility index (Phi) is 6.47. The second-order valence-corrected chi connectivity index (χ2v) is 7.34. The first-order valence-electron chi connectivity index (χ1n) is 7.14. The number of ether oxygens (including phenoxy) is 2. The third-order valence-electron chi connectivity index (χ3n) is 4.09. The molecular weight excluding hydrogens is 336 g/mol. The van der Waals surface area contributed by atoms with Gasteiger partial charge in [0, 0.05) is 0 Å². The van der Waals surface area contributed by atoms with E-state index in [1.54, 1.807) is 0 Å². The summed E-state index contributed by atoms with van der Waals surface area (Å²) in [5.74, 6) is 0. The molecule has 0 aromatic heterocycles. The molecule has 23 heavy (non-hydrogen) atoms. The van der Waals surface area contributed by atoms with Gasteiger partial charge in [0.05, 0.1) is 35.4 Å². The summed E-state index contributed by atoms with van der Waals surface area (Å²) in [6.45, 7) is -1.25. The highest BCUT2D eigenvalue weighted by Gasteiger charge is 2.50. The summed E-state index contributed by atoms with van der Waals surface area (Å²) >= 11 is 0. The predicted molar refractivity (Wildman–Crippen MR) is 74.3 cm³/mol. The van der Waals surface area contributed by atoms with E-state index in [1.807, 2.05) is 0 Å². The van der Waals surface area contributed by atoms with E-state index in [9.17, 15) is 34.8 Å². The lowest BCUT2D eigenvalue weighted by Gasteiger charge is -2.43. The lowest BCUT2D eigenvalue weighted by molar-refractivity contribution is -0.221. The highest BCUT2D eigenvalue weighted by molar-refractivity contribution is 7.86. The van der Waals surface area contributed by atoms with Gasteiger partial charge in [0.15, 0.2) is 11.7 Å². The van der Waals surface area contributed by atoms with Crippen LogP contribution in [0.4, 0.5) is 0 Å². The number of aliphatic hydroxyl groups is 7. The van der Waals surface area contributed by atoms with Crippen molar-refractivity contribution >= 4 is 10.8 Å². The van der Waals surface area contributed by atoms with E-state index in [-0.39, 0.29) is 6.42 Å². The molecule has 2 fully saturated rings. The van der Waals surface area contributed by atoms with Crippen LogP contribution in [0.2, 0.25) is 0 Å². The van der Waals surface area contributed by atoms with Gasteiger partial charge in [-0.2, -0.15) is 0 Å². The van der Waals surface area contributed by atoms with Crippen molar-refractivity contribution in [2.45, 2.75) is 60.0 Å². The van der Waals surface area contributed by atoms with Crippen LogP contribution in [0.25, 0.3) is 0 Å². The fraction of sp³-hybridized carbons (Fsp3) is 1.00. The van der Waals surface area contributed by atoms with Crippen molar-refractivity contribution in [2.75, 3.05) is 13.2 Å². The Morgan fingerprint density at radius 1 is 0.870 bits per heavy atom. The van der Waals surface area contributed by atoms with Crippen molar-refractivity contribution in [2.24, 2.45) is 0 Å². The first-order chi connectivity index (χ1) is 10.8. The first-order valence-corrected chi connectivity index (χ1v) is 8.41. The molecule has 10 nitrogen and oxygen atoms in total. The maximum atomic E-state index is 12.7. The minimum Gasteiger partial charge on any atom is -0.394 e. The van der Waals surface area contributed by atoms with Gasteiger partial charge in [-0.3, -0.25) is 4.21 Å². The quantitative estimate of drug-likeness (QED) is 0.258. The fourth-order valence-electron chi connectivity index (χ4n) is 2.70. The van der Waals surface area contributed by atoms with E-state index in [2.05, 4.69) is 0 Å². The molecular formula is C12H22O10S. The molecule has 0 aromatic carbocycles. The van der Waals surface area contributed by atoms with Crippen molar-refractivity contribution in [3.05, 3.63) is 0 Å². The van der Waals surface area contributed by atoms with E-state index in [0.29, 0.717) is 0 Å². The van der Waals surface area contributed by atoms with Gasteiger partial charge in [0.1, 0.15) is 30.5 Å². The molecule has 0 bridgehead atoms. The summed E-state index contributed by atoms with van der Waals surface area (Å²) in [7, 11) is -2.06. The first kappa shape index (κ1) is 19.1. The molecule has 1 unspecified atom stereocenters. The van der Waals surface area contributed by atoms with Gasteiger partial charge in [0.2, 0.25) is 0 Å². The maximum Gasteiger partial charge on any atom is 0.181 e. The van der Waals surface area contributed by atoms with Crippen LogP contribution in [0.3, 0.4) is 0 Å². The highest BCUT2D eigenvalue weighted by Crippen LogP contribution is 2.30. The number of hydrogen-bond acceptors (Lipinski definition) is 10. The molecule has 0 saturated carbocycles. The second-order valence-electron chi connectivity index (χ2n) is 5.61. The van der Waals surface area contributed by atoms with Gasteiger partial charge in [-0.15, -0.1) is 0 Å². The lowest BCUT2D eigenvalue weighted by Crippen LogP contribution is -2.62.